The van der Waals surface area contributed by atoms with E-state index in [0.29, 0.717) is 42.0 Å². The molecule has 3 aromatic heterocycles. The Morgan fingerprint density at radius 3 is 2.67 bits per heavy atom. The molecule has 1 saturated heterocycles. The fourth-order valence-corrected chi connectivity index (χ4v) is 5.57. The lowest BCUT2D eigenvalue weighted by Crippen LogP contribution is -2.48. The van der Waals surface area contributed by atoms with Crippen LogP contribution in [0.2, 0.25) is 4.34 Å². The first-order chi connectivity index (χ1) is 17.4. The van der Waals surface area contributed by atoms with Crippen LogP contribution in [0.5, 0.6) is 0 Å². The fraction of sp³-hybridized carbons (Fsp3) is 0.346. The van der Waals surface area contributed by atoms with Gasteiger partial charge in [-0.15, -0.1) is 11.3 Å². The summed E-state index contributed by atoms with van der Waals surface area (Å²) in [7, 11) is 3.78. The molecule has 0 atom stereocenters. The Kier molecular flexibility index (Phi) is 7.13. The van der Waals surface area contributed by atoms with Gasteiger partial charge in [-0.25, -0.2) is 0 Å². The number of fused-ring (bicyclic) bond motifs is 1. The number of aromatic nitrogens is 2. The molecule has 1 aromatic carbocycles. The Balaban J connectivity index is 1.31. The molecule has 0 unspecified atom stereocenters. The average molecular weight is 526 g/mol. The molecule has 4 aromatic rings. The number of rotatable bonds is 7. The highest BCUT2D eigenvalue weighted by atomic mass is 35.5. The number of carbonyl (C=O) groups is 2. The van der Waals surface area contributed by atoms with E-state index < -0.39 is 0 Å². The van der Waals surface area contributed by atoms with Crippen LogP contribution in [0.15, 0.2) is 53.1 Å². The van der Waals surface area contributed by atoms with Crippen molar-refractivity contribution in [2.45, 2.75) is 25.4 Å². The van der Waals surface area contributed by atoms with Gasteiger partial charge in [-0.05, 0) is 51.2 Å². The summed E-state index contributed by atoms with van der Waals surface area (Å²) >= 11 is 7.49. The van der Waals surface area contributed by atoms with E-state index in [0.717, 1.165) is 34.3 Å². The SMILES string of the molecule is CN(C)CC(=O)N1CCC(NC(=O)c2cc3ccccc3n2Cc2cc(-c3ccc(Cl)s3)on2)CC1. The van der Waals surface area contributed by atoms with Crippen molar-refractivity contribution in [1.82, 2.24) is 24.8 Å². The van der Waals surface area contributed by atoms with E-state index in [9.17, 15) is 9.59 Å². The summed E-state index contributed by atoms with van der Waals surface area (Å²) in [6.45, 7) is 2.10. The lowest BCUT2D eigenvalue weighted by Gasteiger charge is -2.33. The summed E-state index contributed by atoms with van der Waals surface area (Å²) in [5, 5.41) is 8.42. The Morgan fingerprint density at radius 2 is 1.94 bits per heavy atom. The lowest BCUT2D eigenvalue weighted by molar-refractivity contribution is -0.132. The van der Waals surface area contributed by atoms with Gasteiger partial charge in [0.15, 0.2) is 5.76 Å². The van der Waals surface area contributed by atoms with Crippen LogP contribution in [0, 0.1) is 0 Å². The molecular formula is C26H28ClN5O3S. The monoisotopic (exact) mass is 525 g/mol. The molecule has 0 radical (unpaired) electrons. The molecule has 36 heavy (non-hydrogen) atoms. The number of halogens is 1. The van der Waals surface area contributed by atoms with Gasteiger partial charge in [-0.1, -0.05) is 35.0 Å². The molecule has 0 bridgehead atoms. The largest absolute Gasteiger partial charge is 0.355 e. The number of piperidine rings is 1. The predicted molar refractivity (Wildman–Crippen MR) is 141 cm³/mol. The summed E-state index contributed by atoms with van der Waals surface area (Å²) in [5.41, 5.74) is 2.25. The van der Waals surface area contributed by atoms with E-state index in [1.165, 1.54) is 11.3 Å². The second kappa shape index (κ2) is 10.5. The molecule has 1 fully saturated rings. The van der Waals surface area contributed by atoms with E-state index in [1.54, 1.807) is 0 Å². The summed E-state index contributed by atoms with van der Waals surface area (Å²) in [6, 6.07) is 15.5. The standard InChI is InChI=1S/C26H28ClN5O3S/c1-30(2)16-25(33)31-11-9-18(10-12-31)28-26(34)21-13-17-5-3-4-6-20(17)32(21)15-19-14-22(35-29-19)23-7-8-24(27)36-23/h3-8,13-14,18H,9-12,15-16H2,1-2H3,(H,28,34). The third-order valence-electron chi connectivity index (χ3n) is 6.37. The van der Waals surface area contributed by atoms with E-state index in [2.05, 4.69) is 10.5 Å². The van der Waals surface area contributed by atoms with Crippen LogP contribution in [-0.2, 0) is 11.3 Å². The predicted octanol–water partition coefficient (Wildman–Crippen LogP) is 4.34. The van der Waals surface area contributed by atoms with Crippen molar-refractivity contribution in [1.29, 1.82) is 0 Å². The molecule has 0 spiro atoms. The fourth-order valence-electron chi connectivity index (χ4n) is 4.58. The molecular weight excluding hydrogens is 498 g/mol. The van der Waals surface area contributed by atoms with Crippen molar-refractivity contribution >= 4 is 45.7 Å². The number of nitrogens with one attached hydrogen (secondary N) is 1. The molecule has 4 heterocycles. The number of likely N-dealkylation sites (tertiary alicyclic amines) is 1. The summed E-state index contributed by atoms with van der Waals surface area (Å²) in [4.78, 5) is 30.4. The topological polar surface area (TPSA) is 83.6 Å². The van der Waals surface area contributed by atoms with E-state index in [4.69, 9.17) is 16.1 Å². The Morgan fingerprint density at radius 1 is 1.17 bits per heavy atom. The highest BCUT2D eigenvalue weighted by molar-refractivity contribution is 7.19. The first kappa shape index (κ1) is 24.5. The normalized spacial score (nSPS) is 14.6. The van der Waals surface area contributed by atoms with Crippen LogP contribution in [0.1, 0.15) is 29.0 Å². The maximum atomic E-state index is 13.4. The zero-order valence-corrected chi connectivity index (χ0v) is 21.8. The first-order valence-electron chi connectivity index (χ1n) is 11.9. The number of thiophene rings is 1. The number of hydrogen-bond donors (Lipinski definition) is 1. The second-order valence-corrected chi connectivity index (χ2v) is 11.0. The maximum absolute atomic E-state index is 13.4. The molecule has 188 valence electrons. The number of likely N-dealkylation sites (N-methyl/N-ethyl adjacent to an activating group) is 1. The van der Waals surface area contributed by atoms with Gasteiger partial charge in [-0.2, -0.15) is 0 Å². The summed E-state index contributed by atoms with van der Waals surface area (Å²) in [6.07, 6.45) is 1.47. The van der Waals surface area contributed by atoms with Crippen molar-refractivity contribution in [3.63, 3.8) is 0 Å². The highest BCUT2D eigenvalue weighted by Gasteiger charge is 2.26. The van der Waals surface area contributed by atoms with Gasteiger partial charge < -0.3 is 24.2 Å². The van der Waals surface area contributed by atoms with Crippen molar-refractivity contribution < 1.29 is 14.1 Å². The van der Waals surface area contributed by atoms with Crippen LogP contribution in [0.25, 0.3) is 21.5 Å². The molecule has 10 heteroatoms. The molecule has 8 nitrogen and oxygen atoms in total. The van der Waals surface area contributed by atoms with Crippen molar-refractivity contribution in [2.75, 3.05) is 33.7 Å². The van der Waals surface area contributed by atoms with Crippen LogP contribution >= 0.6 is 22.9 Å². The van der Waals surface area contributed by atoms with Gasteiger partial charge in [0.25, 0.3) is 5.91 Å². The zero-order chi connectivity index (χ0) is 25.2. The molecule has 1 N–H and O–H groups in total. The molecule has 0 saturated carbocycles. The minimum absolute atomic E-state index is 0.0228. The number of benzene rings is 1. The van der Waals surface area contributed by atoms with Crippen molar-refractivity contribution in [3.05, 3.63) is 64.3 Å². The number of nitrogens with zero attached hydrogens (tertiary/aromatic N) is 4. The van der Waals surface area contributed by atoms with Crippen molar-refractivity contribution in [3.8, 4) is 10.6 Å². The van der Waals surface area contributed by atoms with Crippen LogP contribution in [0.4, 0.5) is 0 Å². The average Bonchev–Trinajstić information content (AvgIpc) is 3.58. The van der Waals surface area contributed by atoms with Gasteiger partial charge in [0.1, 0.15) is 11.4 Å². The summed E-state index contributed by atoms with van der Waals surface area (Å²) in [5.74, 6) is 0.652. The van der Waals surface area contributed by atoms with E-state index >= 15 is 0 Å². The van der Waals surface area contributed by atoms with E-state index in [-0.39, 0.29) is 17.9 Å². The lowest BCUT2D eigenvalue weighted by atomic mass is 10.0. The minimum atomic E-state index is -0.127. The van der Waals surface area contributed by atoms with Crippen LogP contribution < -0.4 is 5.32 Å². The quantitative estimate of drug-likeness (QED) is 0.388. The second-order valence-electron chi connectivity index (χ2n) is 9.33. The number of hydrogen-bond acceptors (Lipinski definition) is 6. The Labute approximate surface area is 218 Å². The number of carbonyl (C=O) groups excluding carboxylic acids is 2. The van der Waals surface area contributed by atoms with Gasteiger partial charge in [0.2, 0.25) is 5.91 Å². The third kappa shape index (κ3) is 5.33. The van der Waals surface area contributed by atoms with Gasteiger partial charge in [-0.3, -0.25) is 9.59 Å². The molecule has 0 aliphatic carbocycles. The zero-order valence-electron chi connectivity index (χ0n) is 20.2. The highest BCUT2D eigenvalue weighted by Crippen LogP contribution is 2.32. The summed E-state index contributed by atoms with van der Waals surface area (Å²) < 4.78 is 8.21. The Bertz CT molecular complexity index is 1380. The maximum Gasteiger partial charge on any atom is 0.268 e. The third-order valence-corrected chi connectivity index (χ3v) is 7.62. The molecule has 5 rings (SSSR count). The van der Waals surface area contributed by atoms with Gasteiger partial charge in [0.05, 0.1) is 22.3 Å². The van der Waals surface area contributed by atoms with Gasteiger partial charge in [0, 0.05) is 36.1 Å². The Hall–Kier alpha value is -3.14. The molecule has 2 amide bonds. The minimum Gasteiger partial charge on any atom is -0.355 e. The van der Waals surface area contributed by atoms with E-state index in [1.807, 2.05) is 77.0 Å². The smallest absolute Gasteiger partial charge is 0.268 e. The van der Waals surface area contributed by atoms with Gasteiger partial charge >= 0.3 is 0 Å². The first-order valence-corrected chi connectivity index (χ1v) is 13.1. The van der Waals surface area contributed by atoms with Crippen LogP contribution in [0.3, 0.4) is 0 Å². The molecule has 1 aliphatic heterocycles. The van der Waals surface area contributed by atoms with Crippen molar-refractivity contribution in [2.24, 2.45) is 0 Å². The molecule has 1 aliphatic rings. The van der Waals surface area contributed by atoms with Crippen LogP contribution in [-0.4, -0.2) is 71.1 Å². The number of para-hydroxylation sites is 1. The number of amides is 2.